The molecule has 0 aromatic rings. The highest BCUT2D eigenvalue weighted by atomic mass is 16.5. The molecule has 5 nitrogen and oxygen atoms in total. The zero-order valence-corrected chi connectivity index (χ0v) is 25.1. The molecular weight excluding hydrogens is 476 g/mol. The third-order valence-electron chi connectivity index (χ3n) is 13.0. The van der Waals surface area contributed by atoms with Crippen LogP contribution in [0.15, 0.2) is 23.3 Å². The van der Waals surface area contributed by atoms with E-state index in [1.165, 1.54) is 25.2 Å². The summed E-state index contributed by atoms with van der Waals surface area (Å²) in [4.78, 5) is 38.4. The van der Waals surface area contributed by atoms with Crippen LogP contribution in [0.5, 0.6) is 0 Å². The maximum atomic E-state index is 13.6. The highest BCUT2D eigenvalue weighted by molar-refractivity contribution is 5.95. The lowest BCUT2D eigenvalue weighted by atomic mass is 9.35. The van der Waals surface area contributed by atoms with E-state index in [4.69, 9.17) is 9.47 Å². The van der Waals surface area contributed by atoms with Gasteiger partial charge in [0.05, 0.1) is 12.5 Å². The second-order valence-corrected chi connectivity index (χ2v) is 15.2. The van der Waals surface area contributed by atoms with E-state index in [1.54, 1.807) is 0 Å². The van der Waals surface area contributed by atoms with E-state index in [-0.39, 0.29) is 51.9 Å². The van der Waals surface area contributed by atoms with E-state index in [1.807, 2.05) is 6.92 Å². The topological polar surface area (TPSA) is 69.7 Å². The fraction of sp³-hybridized carbons (Fsp3) is 0.788. The highest BCUT2D eigenvalue weighted by Crippen LogP contribution is 2.74. The van der Waals surface area contributed by atoms with Gasteiger partial charge in [-0.05, 0) is 92.4 Å². The number of methoxy groups -OCH3 is 1. The van der Waals surface area contributed by atoms with Crippen LogP contribution in [0.2, 0.25) is 0 Å². The lowest BCUT2D eigenvalue weighted by molar-refractivity contribution is -0.197. The number of ketones is 1. The van der Waals surface area contributed by atoms with Crippen LogP contribution in [0.4, 0.5) is 0 Å². The first-order valence-electron chi connectivity index (χ1n) is 14.7. The molecule has 0 bridgehead atoms. The molecule has 5 aliphatic carbocycles. The van der Waals surface area contributed by atoms with Crippen molar-refractivity contribution in [2.24, 2.45) is 44.3 Å². The lowest BCUT2D eigenvalue weighted by Gasteiger charge is -2.69. The van der Waals surface area contributed by atoms with E-state index in [9.17, 15) is 14.4 Å². The summed E-state index contributed by atoms with van der Waals surface area (Å²) in [5.74, 6) is 0.581. The summed E-state index contributed by atoms with van der Waals surface area (Å²) in [5.41, 5.74) is 1.18. The third kappa shape index (κ3) is 3.38. The Bertz CT molecular complexity index is 1150. The van der Waals surface area contributed by atoms with Crippen molar-refractivity contribution in [1.29, 1.82) is 0 Å². The molecule has 0 aromatic carbocycles. The number of carbonyl (C=O) groups is 3. The Balaban J connectivity index is 1.61. The van der Waals surface area contributed by atoms with Crippen molar-refractivity contribution in [2.45, 2.75) is 113 Å². The first-order chi connectivity index (χ1) is 17.5. The predicted molar refractivity (Wildman–Crippen MR) is 147 cm³/mol. The minimum Gasteiger partial charge on any atom is -0.469 e. The molecule has 0 amide bonds. The van der Waals surface area contributed by atoms with Crippen LogP contribution in [0.1, 0.15) is 107 Å². The third-order valence-corrected chi connectivity index (χ3v) is 13.0. The van der Waals surface area contributed by atoms with E-state index >= 15 is 0 Å². The lowest BCUT2D eigenvalue weighted by Crippen LogP contribution is -2.63. The van der Waals surface area contributed by atoms with Gasteiger partial charge >= 0.3 is 11.9 Å². The van der Waals surface area contributed by atoms with Crippen molar-refractivity contribution in [3.05, 3.63) is 23.3 Å². The number of carbonyl (C=O) groups excluding carboxylic acids is 3. The fourth-order valence-corrected chi connectivity index (χ4v) is 10.4. The molecule has 0 aliphatic heterocycles. The molecule has 5 rings (SSSR count). The molecule has 38 heavy (non-hydrogen) atoms. The van der Waals surface area contributed by atoms with Gasteiger partial charge < -0.3 is 9.47 Å². The summed E-state index contributed by atoms with van der Waals surface area (Å²) in [6.07, 6.45) is 11.6. The number of rotatable bonds is 2. The molecule has 210 valence electrons. The predicted octanol–water partition coefficient (Wildman–Crippen LogP) is 6.99. The number of ether oxygens (including phenoxy) is 2. The summed E-state index contributed by atoms with van der Waals surface area (Å²) in [6, 6.07) is 0. The second-order valence-electron chi connectivity index (χ2n) is 15.2. The molecule has 3 saturated carbocycles. The molecular formula is C33H48O5. The SMILES string of the molecule is COC(=O)[C@@]1(C)CC(=O)[C@]2(C)CC[C@]3(C)C(=C2C1)C=C[C@@H]1[C@@]2(C)CC[C@H](OC(C)=O)C(C)(C)[C@@H]2CC[C@]13C. The molecule has 0 heterocycles. The molecule has 5 heteroatoms. The molecule has 0 aromatic heterocycles. The fourth-order valence-electron chi connectivity index (χ4n) is 10.4. The number of allylic oxidation sites excluding steroid dienone is 4. The number of hydrogen-bond acceptors (Lipinski definition) is 5. The molecule has 0 spiro atoms. The quantitative estimate of drug-likeness (QED) is 0.364. The Morgan fingerprint density at radius 3 is 2.24 bits per heavy atom. The molecule has 8 atom stereocenters. The second kappa shape index (κ2) is 8.30. The average Bonchev–Trinajstić information content (AvgIpc) is 2.82. The van der Waals surface area contributed by atoms with Crippen molar-refractivity contribution >= 4 is 17.7 Å². The van der Waals surface area contributed by atoms with Crippen LogP contribution in [0.3, 0.4) is 0 Å². The Hall–Kier alpha value is -1.91. The maximum Gasteiger partial charge on any atom is 0.312 e. The summed E-state index contributed by atoms with van der Waals surface area (Å²) in [7, 11) is 1.43. The van der Waals surface area contributed by atoms with Crippen LogP contribution in [-0.2, 0) is 23.9 Å². The van der Waals surface area contributed by atoms with Gasteiger partial charge in [0.2, 0.25) is 0 Å². The molecule has 0 saturated heterocycles. The smallest absolute Gasteiger partial charge is 0.312 e. The van der Waals surface area contributed by atoms with Gasteiger partial charge in [-0.3, -0.25) is 14.4 Å². The molecule has 0 unspecified atom stereocenters. The summed E-state index contributed by atoms with van der Waals surface area (Å²) in [5, 5.41) is 0. The Labute approximate surface area is 229 Å². The van der Waals surface area contributed by atoms with Crippen molar-refractivity contribution in [1.82, 2.24) is 0 Å². The minimum absolute atomic E-state index is 0.0390. The molecule has 5 aliphatic rings. The molecule has 0 radical (unpaired) electrons. The zero-order valence-electron chi connectivity index (χ0n) is 25.1. The van der Waals surface area contributed by atoms with Crippen LogP contribution < -0.4 is 0 Å². The largest absolute Gasteiger partial charge is 0.469 e. The first kappa shape index (κ1) is 27.6. The van der Waals surface area contributed by atoms with Gasteiger partial charge in [-0.15, -0.1) is 0 Å². The summed E-state index contributed by atoms with van der Waals surface area (Å²) in [6.45, 7) is 17.6. The van der Waals surface area contributed by atoms with Gasteiger partial charge in [0.25, 0.3) is 0 Å². The van der Waals surface area contributed by atoms with E-state index in [2.05, 4.69) is 53.7 Å². The Morgan fingerprint density at radius 2 is 1.61 bits per heavy atom. The standard InChI is InChI=1S/C33H48O5/c1-20(34)38-26-13-14-31(6)23(28(26,2)3)12-15-33(8)24(31)11-10-21-22-18-29(4,27(36)37-9)19-25(35)30(22,5)16-17-32(21,33)7/h10-11,23-24,26H,12-19H2,1-9H3/t23-,24+,26-,29+,30+,31-,32+,33+/m0/s1. The van der Waals surface area contributed by atoms with Crippen molar-refractivity contribution in [3.63, 3.8) is 0 Å². The normalized spacial score (nSPS) is 47.3. The first-order valence-corrected chi connectivity index (χ1v) is 14.7. The number of fused-ring (bicyclic) bond motifs is 6. The maximum absolute atomic E-state index is 13.6. The molecule has 0 N–H and O–H groups in total. The van der Waals surface area contributed by atoms with Crippen LogP contribution in [0, 0.1) is 44.3 Å². The zero-order chi connectivity index (χ0) is 28.1. The van der Waals surface area contributed by atoms with Crippen molar-refractivity contribution < 1.29 is 23.9 Å². The number of hydrogen-bond donors (Lipinski definition) is 0. The average molecular weight is 525 g/mol. The van der Waals surface area contributed by atoms with E-state index in [0.717, 1.165) is 38.5 Å². The highest BCUT2D eigenvalue weighted by Gasteiger charge is 2.67. The van der Waals surface area contributed by atoms with Gasteiger partial charge in [0.15, 0.2) is 0 Å². The van der Waals surface area contributed by atoms with Gasteiger partial charge in [0.1, 0.15) is 11.9 Å². The van der Waals surface area contributed by atoms with Gasteiger partial charge in [0, 0.05) is 24.2 Å². The summed E-state index contributed by atoms with van der Waals surface area (Å²) < 4.78 is 11.0. The van der Waals surface area contributed by atoms with E-state index in [0.29, 0.717) is 18.3 Å². The number of esters is 2. The summed E-state index contributed by atoms with van der Waals surface area (Å²) >= 11 is 0. The van der Waals surface area contributed by atoms with Gasteiger partial charge in [-0.1, -0.05) is 52.3 Å². The monoisotopic (exact) mass is 524 g/mol. The van der Waals surface area contributed by atoms with Crippen LogP contribution in [-0.4, -0.2) is 30.9 Å². The van der Waals surface area contributed by atoms with Crippen molar-refractivity contribution in [3.8, 4) is 0 Å². The van der Waals surface area contributed by atoms with Gasteiger partial charge in [-0.25, -0.2) is 0 Å². The van der Waals surface area contributed by atoms with Crippen LogP contribution >= 0.6 is 0 Å². The van der Waals surface area contributed by atoms with Gasteiger partial charge in [-0.2, -0.15) is 0 Å². The minimum atomic E-state index is -0.805. The number of Topliss-reactive ketones (excluding diaryl/α,β-unsaturated/α-hetero) is 1. The van der Waals surface area contributed by atoms with Crippen molar-refractivity contribution in [2.75, 3.05) is 7.11 Å². The Kier molecular flexibility index (Phi) is 6.04. The molecule has 3 fully saturated rings. The van der Waals surface area contributed by atoms with E-state index < -0.39 is 10.8 Å². The van der Waals surface area contributed by atoms with Crippen LogP contribution in [0.25, 0.3) is 0 Å². The Morgan fingerprint density at radius 1 is 0.921 bits per heavy atom.